The lowest BCUT2D eigenvalue weighted by Crippen LogP contribution is -2.66. The highest BCUT2D eigenvalue weighted by Gasteiger charge is 2.54. The fourth-order valence-corrected chi connectivity index (χ4v) is 15.8. The lowest BCUT2D eigenvalue weighted by atomic mass is 9.82. The van der Waals surface area contributed by atoms with E-state index in [9.17, 15) is 38.3 Å². The van der Waals surface area contributed by atoms with Gasteiger partial charge in [-0.2, -0.15) is 0 Å². The molecule has 8 heterocycles. The molecule has 1 saturated carbocycles. The summed E-state index contributed by atoms with van der Waals surface area (Å²) in [5.74, 6) is -0.891. The highest BCUT2D eigenvalue weighted by atomic mass is 32.1. The number of benzene rings is 3. The number of thiazole rings is 1. The number of ether oxygens (including phenoxy) is 2. The third kappa shape index (κ3) is 18.5. The SMILES string of the molecule is Cc1ncsc1-c1ccc(CNC(=O)[C@@H]2C[C@@H](O)CN2C(=O)[C@@H](NC(=O)C2(F)CC2)C(C)(C)C)c(OCC(=O)NCCOCCN2C[C@@H]3CN(CC(=O)NCc4cccc(CNc5cc(N6CCC7(CC6)CN(c6cc(F)c(CN8CCC(C)(C)CC8)cc6F)CC(=O)N7)ncn5)c4)C[C@@H]3C2)c1. The number of hydrogen-bond donors (Lipinski definition) is 7. The second kappa shape index (κ2) is 31.5. The number of hydrogen-bond acceptors (Lipinski definition) is 19. The zero-order valence-corrected chi connectivity index (χ0v) is 60.2. The minimum atomic E-state index is -2.01. The number of aliphatic hydroxyl groups excluding tert-OH is 1. The number of carbonyl (C=O) groups is 6. The second-order valence-electron chi connectivity index (χ2n) is 30.9. The van der Waals surface area contributed by atoms with Gasteiger partial charge >= 0.3 is 0 Å². The maximum absolute atomic E-state index is 15.8. The van der Waals surface area contributed by atoms with Gasteiger partial charge in [0, 0.05) is 121 Å². The van der Waals surface area contributed by atoms with Crippen molar-refractivity contribution in [2.24, 2.45) is 22.7 Å². The van der Waals surface area contributed by atoms with Gasteiger partial charge in [-0.25, -0.2) is 28.1 Å². The summed E-state index contributed by atoms with van der Waals surface area (Å²) in [5, 5.41) is 28.8. The van der Waals surface area contributed by atoms with Gasteiger partial charge in [0.1, 0.15) is 47.4 Å². The molecule has 102 heavy (non-hydrogen) atoms. The number of nitrogens with zero attached hydrogens (tertiary/aromatic N) is 9. The number of halogens is 3. The molecule has 0 bridgehead atoms. The number of β-amino-alcohol motifs (C(OH)–C–C–N with tert-alkyl or cyclic N) is 1. The van der Waals surface area contributed by atoms with Crippen molar-refractivity contribution in [1.82, 2.24) is 61.1 Å². The van der Waals surface area contributed by atoms with Gasteiger partial charge in [0.15, 0.2) is 12.3 Å². The summed E-state index contributed by atoms with van der Waals surface area (Å²) in [6.45, 7) is 21.2. The third-order valence-electron chi connectivity index (χ3n) is 21.3. The number of alkyl halides is 1. The number of piperazine rings is 1. The van der Waals surface area contributed by atoms with Gasteiger partial charge in [-0.05, 0) is 110 Å². The first kappa shape index (κ1) is 73.7. The van der Waals surface area contributed by atoms with E-state index in [1.165, 1.54) is 34.7 Å². The van der Waals surface area contributed by atoms with Crippen LogP contribution in [0.25, 0.3) is 10.4 Å². The van der Waals surface area contributed by atoms with Crippen molar-refractivity contribution in [2.75, 3.05) is 127 Å². The highest BCUT2D eigenvalue weighted by molar-refractivity contribution is 7.13. The molecule has 1 spiro atoms. The van der Waals surface area contributed by atoms with Crippen molar-refractivity contribution in [3.8, 4) is 16.2 Å². The minimum Gasteiger partial charge on any atom is -0.483 e. The van der Waals surface area contributed by atoms with Crippen LogP contribution in [-0.4, -0.2) is 216 Å². The first-order valence-electron chi connectivity index (χ1n) is 35.9. The first-order chi connectivity index (χ1) is 48.7. The number of fused-ring (bicyclic) bond motifs is 1. The van der Waals surface area contributed by atoms with Gasteiger partial charge in [0.25, 0.3) is 11.8 Å². The van der Waals surface area contributed by atoms with Crippen molar-refractivity contribution in [3.05, 3.63) is 112 Å². The summed E-state index contributed by atoms with van der Waals surface area (Å²) in [6.07, 6.45) is 3.88. The van der Waals surface area contributed by atoms with Crippen LogP contribution in [0.1, 0.15) is 108 Å². The molecule has 0 radical (unpaired) electrons. The number of aliphatic hydroxyl groups is 1. The number of aryl methyl sites for hydroxylation is 1. The molecule has 6 amide bonds. The molecule has 6 aliphatic heterocycles. The monoisotopic (exact) mass is 1430 g/mol. The maximum Gasteiger partial charge on any atom is 0.258 e. The quantitative estimate of drug-likeness (QED) is 0.0311. The summed E-state index contributed by atoms with van der Waals surface area (Å²) in [5.41, 5.74) is 3.20. The van der Waals surface area contributed by atoms with Crippen LogP contribution in [0.15, 0.2) is 72.5 Å². The predicted molar refractivity (Wildman–Crippen MR) is 381 cm³/mol. The molecule has 7 N–H and O–H groups in total. The molecule has 5 aromatic rings. The summed E-state index contributed by atoms with van der Waals surface area (Å²) in [6, 6.07) is 15.8. The number of likely N-dealkylation sites (tertiary alicyclic amines) is 4. The number of piperidine rings is 2. The molecule has 24 nitrogen and oxygen atoms in total. The van der Waals surface area contributed by atoms with E-state index in [0.717, 1.165) is 91.7 Å². The van der Waals surface area contributed by atoms with E-state index in [0.29, 0.717) is 106 Å². The van der Waals surface area contributed by atoms with E-state index in [2.05, 4.69) is 86.4 Å². The van der Waals surface area contributed by atoms with Gasteiger partial charge in [0.2, 0.25) is 23.6 Å². The van der Waals surface area contributed by atoms with Gasteiger partial charge in [-0.3, -0.25) is 38.6 Å². The van der Waals surface area contributed by atoms with E-state index >= 15 is 8.78 Å². The van der Waals surface area contributed by atoms with Gasteiger partial charge in [0.05, 0.1) is 59.7 Å². The molecule has 12 rings (SSSR count). The molecule has 7 fully saturated rings. The maximum atomic E-state index is 15.8. The second-order valence-corrected chi connectivity index (χ2v) is 31.7. The van der Waals surface area contributed by atoms with Crippen LogP contribution in [0.4, 0.5) is 30.5 Å². The Bertz CT molecular complexity index is 3840. The van der Waals surface area contributed by atoms with Crippen LogP contribution in [0, 0.1) is 41.2 Å². The molecular formula is C74H98F3N15O9S. The van der Waals surface area contributed by atoms with Gasteiger partial charge < -0.3 is 66.1 Å². The zero-order chi connectivity index (χ0) is 72.1. The Morgan fingerprint density at radius 3 is 2.23 bits per heavy atom. The topological polar surface area (TPSA) is 271 Å². The number of carbonyl (C=O) groups excluding carboxylic acids is 6. The Morgan fingerprint density at radius 2 is 1.51 bits per heavy atom. The highest BCUT2D eigenvalue weighted by Crippen LogP contribution is 2.41. The molecule has 2 aromatic heterocycles. The number of rotatable bonds is 27. The van der Waals surface area contributed by atoms with E-state index in [1.807, 2.05) is 37.3 Å². The predicted octanol–water partition coefficient (Wildman–Crippen LogP) is 5.70. The third-order valence-corrected chi connectivity index (χ3v) is 22.3. The van der Waals surface area contributed by atoms with Gasteiger partial charge in [-0.1, -0.05) is 71.0 Å². The smallest absolute Gasteiger partial charge is 0.258 e. The van der Waals surface area contributed by atoms with Crippen molar-refractivity contribution in [3.63, 3.8) is 0 Å². The summed E-state index contributed by atoms with van der Waals surface area (Å²) < 4.78 is 58.2. The van der Waals surface area contributed by atoms with E-state index in [1.54, 1.807) is 43.3 Å². The van der Waals surface area contributed by atoms with E-state index in [-0.39, 0.29) is 80.9 Å². The van der Waals surface area contributed by atoms with Crippen molar-refractivity contribution < 1.29 is 56.5 Å². The molecule has 3 aromatic carbocycles. The fraction of sp³-hybridized carbons (Fsp3) is 0.581. The fourth-order valence-electron chi connectivity index (χ4n) is 15.0. The molecule has 5 atom stereocenters. The van der Waals surface area contributed by atoms with Crippen LogP contribution >= 0.6 is 11.3 Å². The van der Waals surface area contributed by atoms with Crippen molar-refractivity contribution in [1.29, 1.82) is 0 Å². The summed E-state index contributed by atoms with van der Waals surface area (Å²) in [4.78, 5) is 107. The van der Waals surface area contributed by atoms with Crippen LogP contribution in [0.2, 0.25) is 0 Å². The van der Waals surface area contributed by atoms with Crippen LogP contribution in [0.3, 0.4) is 0 Å². The van der Waals surface area contributed by atoms with E-state index in [4.69, 9.17) is 9.47 Å². The lowest BCUT2D eigenvalue weighted by Gasteiger charge is -2.48. The molecule has 0 unspecified atom stereocenters. The Hall–Kier alpha value is -8.02. The number of amides is 6. The Balaban J connectivity index is 0.526. The summed E-state index contributed by atoms with van der Waals surface area (Å²) >= 11 is 1.46. The molecule has 6 saturated heterocycles. The lowest BCUT2D eigenvalue weighted by molar-refractivity contribution is -0.145. The Labute approximate surface area is 598 Å². The average molecular weight is 1430 g/mol. The van der Waals surface area contributed by atoms with Crippen molar-refractivity contribution in [2.45, 2.75) is 142 Å². The molecule has 1 aliphatic carbocycles. The van der Waals surface area contributed by atoms with Gasteiger partial charge in [-0.15, -0.1) is 11.3 Å². The van der Waals surface area contributed by atoms with Crippen molar-refractivity contribution >= 4 is 64.1 Å². The molecular weight excluding hydrogens is 1330 g/mol. The largest absolute Gasteiger partial charge is 0.483 e. The number of nitrogens with one attached hydrogen (secondary N) is 6. The zero-order valence-electron chi connectivity index (χ0n) is 59.4. The normalized spacial score (nSPS) is 22.1. The van der Waals surface area contributed by atoms with Crippen LogP contribution in [0.5, 0.6) is 5.75 Å². The van der Waals surface area contributed by atoms with E-state index < -0.39 is 64.2 Å². The number of anilines is 3. The standard InChI is InChI=1S/C74H98F3N15O9S/c1-47-66(102-46-84-47)50-10-11-51(34-81-68(97)59-29-55(93)40-92(59)69(98)67(71(2,3)4)85-70(99)74(77)12-13-74)60(28-50)101-43-65(96)78-18-24-100-25-23-88-36-53-38-89(39-54(53)37-88)41-63(94)80-33-49-9-7-8-48(26-49)32-79-61-31-62(83-45-82-61)90-21-16-73(17-22-90)44-91(42-64(95)86-73)58-30-56(75)52(27-57(58)76)35-87-19-14-72(5,6)15-20-87/h7-11,26-28,30-31,45-46,53-55,59,67,93H,12-25,29,32-44H2,1-6H3,(H,78,96)(H,80,94)(H,81,97)(H,85,99)(H,86,95)(H,79,82,83)/t53-,54+,55-,59+,67-/m1/s1. The minimum absolute atomic E-state index is 0.0261. The molecule has 7 aliphatic rings. The van der Waals surface area contributed by atoms with Crippen LogP contribution < -0.4 is 46.4 Å². The Kier molecular flexibility index (Phi) is 22.8. The molecule has 28 heteroatoms. The Morgan fingerprint density at radius 1 is 0.775 bits per heavy atom. The number of aromatic nitrogens is 3. The first-order valence-corrected chi connectivity index (χ1v) is 36.7. The average Bonchev–Trinajstić information content (AvgIpc) is 0.900. The summed E-state index contributed by atoms with van der Waals surface area (Å²) in [7, 11) is 0. The molecule has 550 valence electrons. The van der Waals surface area contributed by atoms with Crippen LogP contribution in [-0.2, 0) is 59.7 Å².